The SMILES string of the molecule is COC(=O)[C@@H]1CC[C@@H]([C@@H](C)NC(=O)OC(C)(C)C)O1. The van der Waals surface area contributed by atoms with E-state index in [-0.39, 0.29) is 18.1 Å². The van der Waals surface area contributed by atoms with Crippen LogP contribution in [0.25, 0.3) is 0 Å². The number of carbonyl (C=O) groups is 2. The van der Waals surface area contributed by atoms with E-state index in [2.05, 4.69) is 10.1 Å². The fourth-order valence-corrected chi connectivity index (χ4v) is 1.92. The minimum Gasteiger partial charge on any atom is -0.467 e. The number of hydrogen-bond donors (Lipinski definition) is 1. The number of ether oxygens (including phenoxy) is 3. The smallest absolute Gasteiger partial charge is 0.407 e. The summed E-state index contributed by atoms with van der Waals surface area (Å²) in [5.41, 5.74) is -0.533. The number of methoxy groups -OCH3 is 1. The van der Waals surface area contributed by atoms with E-state index < -0.39 is 17.8 Å². The van der Waals surface area contributed by atoms with Crippen LogP contribution in [0.15, 0.2) is 0 Å². The van der Waals surface area contributed by atoms with Gasteiger partial charge in [0.2, 0.25) is 0 Å². The summed E-state index contributed by atoms with van der Waals surface area (Å²) in [4.78, 5) is 22.9. The van der Waals surface area contributed by atoms with Crippen LogP contribution in [0.5, 0.6) is 0 Å². The van der Waals surface area contributed by atoms with Crippen LogP contribution in [0.1, 0.15) is 40.5 Å². The highest BCUT2D eigenvalue weighted by Crippen LogP contribution is 2.23. The van der Waals surface area contributed by atoms with Gasteiger partial charge in [0, 0.05) is 0 Å². The number of carbonyl (C=O) groups excluding carboxylic acids is 2. The Morgan fingerprint density at radius 3 is 2.47 bits per heavy atom. The van der Waals surface area contributed by atoms with Crippen molar-refractivity contribution < 1.29 is 23.8 Å². The van der Waals surface area contributed by atoms with Gasteiger partial charge in [0.25, 0.3) is 0 Å². The molecule has 1 N–H and O–H groups in total. The van der Waals surface area contributed by atoms with Gasteiger partial charge in [0.1, 0.15) is 5.60 Å². The van der Waals surface area contributed by atoms with Crippen LogP contribution < -0.4 is 5.32 Å². The van der Waals surface area contributed by atoms with Crippen molar-refractivity contribution in [2.45, 2.75) is 64.4 Å². The first-order chi connectivity index (χ1) is 8.73. The highest BCUT2D eigenvalue weighted by molar-refractivity contribution is 5.74. The van der Waals surface area contributed by atoms with Crippen LogP contribution in [0, 0.1) is 0 Å². The van der Waals surface area contributed by atoms with Crippen LogP contribution >= 0.6 is 0 Å². The quantitative estimate of drug-likeness (QED) is 0.791. The number of esters is 1. The predicted molar refractivity (Wildman–Crippen MR) is 68.7 cm³/mol. The Morgan fingerprint density at radius 2 is 1.95 bits per heavy atom. The Bertz CT molecular complexity index is 336. The molecule has 0 aromatic heterocycles. The predicted octanol–water partition coefficient (Wildman–Crippen LogP) is 1.62. The van der Waals surface area contributed by atoms with Crippen molar-refractivity contribution in [2.24, 2.45) is 0 Å². The summed E-state index contributed by atoms with van der Waals surface area (Å²) in [6.07, 6.45) is 0.105. The molecule has 3 atom stereocenters. The van der Waals surface area contributed by atoms with Gasteiger partial charge in [-0.2, -0.15) is 0 Å². The molecule has 110 valence electrons. The molecule has 1 fully saturated rings. The summed E-state index contributed by atoms with van der Waals surface area (Å²) in [6, 6.07) is -0.218. The van der Waals surface area contributed by atoms with E-state index in [9.17, 15) is 9.59 Å². The Hall–Kier alpha value is -1.30. The van der Waals surface area contributed by atoms with E-state index >= 15 is 0 Å². The van der Waals surface area contributed by atoms with Gasteiger partial charge in [-0.25, -0.2) is 9.59 Å². The lowest BCUT2D eigenvalue weighted by atomic mass is 10.1. The second-order valence-corrected chi connectivity index (χ2v) is 5.70. The third-order valence-electron chi connectivity index (χ3n) is 2.82. The largest absolute Gasteiger partial charge is 0.467 e. The van der Waals surface area contributed by atoms with E-state index in [1.807, 2.05) is 6.92 Å². The van der Waals surface area contributed by atoms with Crippen molar-refractivity contribution in [3.8, 4) is 0 Å². The molecule has 0 aromatic rings. The summed E-state index contributed by atoms with van der Waals surface area (Å²) in [5.74, 6) is -0.369. The van der Waals surface area contributed by atoms with Crippen LogP contribution in [0.3, 0.4) is 0 Å². The highest BCUT2D eigenvalue weighted by atomic mass is 16.6. The van der Waals surface area contributed by atoms with Crippen molar-refractivity contribution in [1.82, 2.24) is 5.32 Å². The van der Waals surface area contributed by atoms with Gasteiger partial charge in [-0.05, 0) is 40.5 Å². The first-order valence-electron chi connectivity index (χ1n) is 6.45. The second-order valence-electron chi connectivity index (χ2n) is 5.70. The molecule has 1 amide bonds. The Balaban J connectivity index is 2.41. The summed E-state index contributed by atoms with van der Waals surface area (Å²) in [7, 11) is 1.33. The van der Waals surface area contributed by atoms with Gasteiger partial charge in [-0.1, -0.05) is 0 Å². The van der Waals surface area contributed by atoms with Gasteiger partial charge in [0.05, 0.1) is 19.3 Å². The summed E-state index contributed by atoms with van der Waals surface area (Å²) in [5, 5.41) is 2.72. The van der Waals surface area contributed by atoms with Crippen LogP contribution in [-0.2, 0) is 19.0 Å². The van der Waals surface area contributed by atoms with Gasteiger partial charge < -0.3 is 19.5 Å². The van der Waals surface area contributed by atoms with E-state index in [0.717, 1.165) is 0 Å². The molecule has 1 saturated heterocycles. The molecule has 0 unspecified atom stereocenters. The van der Waals surface area contributed by atoms with Gasteiger partial charge in [0.15, 0.2) is 6.10 Å². The van der Waals surface area contributed by atoms with Gasteiger partial charge >= 0.3 is 12.1 Å². The molecule has 6 heteroatoms. The Kier molecular flexibility index (Phi) is 5.17. The number of amides is 1. The number of hydrogen-bond acceptors (Lipinski definition) is 5. The third-order valence-corrected chi connectivity index (χ3v) is 2.82. The summed E-state index contributed by atoms with van der Waals surface area (Å²) < 4.78 is 15.4. The van der Waals surface area contributed by atoms with E-state index in [1.165, 1.54) is 7.11 Å². The van der Waals surface area contributed by atoms with Crippen molar-refractivity contribution >= 4 is 12.1 Å². The lowest BCUT2D eigenvalue weighted by Gasteiger charge is -2.24. The second kappa shape index (κ2) is 6.23. The van der Waals surface area contributed by atoms with Gasteiger partial charge in [-0.15, -0.1) is 0 Å². The molecular formula is C13H23NO5. The fourth-order valence-electron chi connectivity index (χ4n) is 1.92. The standard InChI is InChI=1S/C13H23NO5/c1-8(14-12(16)19-13(2,3)4)9-6-7-10(18-9)11(15)17-5/h8-10H,6-7H2,1-5H3,(H,14,16)/t8-,9+,10+/m1/s1. The maximum absolute atomic E-state index is 11.6. The lowest BCUT2D eigenvalue weighted by molar-refractivity contribution is -0.153. The molecule has 19 heavy (non-hydrogen) atoms. The minimum absolute atomic E-state index is 0.198. The van der Waals surface area contributed by atoms with E-state index in [0.29, 0.717) is 12.8 Å². The summed E-state index contributed by atoms with van der Waals surface area (Å²) in [6.45, 7) is 7.23. The molecule has 0 aromatic carbocycles. The molecule has 0 spiro atoms. The van der Waals surface area contributed by atoms with Crippen LogP contribution in [-0.4, -0.2) is 43.0 Å². The molecule has 1 aliphatic rings. The van der Waals surface area contributed by atoms with E-state index in [4.69, 9.17) is 9.47 Å². The summed E-state index contributed by atoms with van der Waals surface area (Å²) >= 11 is 0. The molecular weight excluding hydrogens is 250 g/mol. The normalized spacial score (nSPS) is 24.7. The van der Waals surface area contributed by atoms with Crippen LogP contribution in [0.2, 0.25) is 0 Å². The average Bonchev–Trinajstić information content (AvgIpc) is 2.74. The van der Waals surface area contributed by atoms with Crippen molar-refractivity contribution in [3.05, 3.63) is 0 Å². The van der Waals surface area contributed by atoms with Crippen molar-refractivity contribution in [2.75, 3.05) is 7.11 Å². The Labute approximate surface area is 113 Å². The molecule has 1 rings (SSSR count). The molecule has 0 aliphatic carbocycles. The van der Waals surface area contributed by atoms with E-state index in [1.54, 1.807) is 20.8 Å². The zero-order chi connectivity index (χ0) is 14.6. The number of nitrogens with one attached hydrogen (secondary N) is 1. The third kappa shape index (κ3) is 5.06. The number of alkyl carbamates (subject to hydrolysis) is 1. The molecule has 1 heterocycles. The molecule has 0 saturated carbocycles. The molecule has 0 radical (unpaired) electrons. The van der Waals surface area contributed by atoms with Crippen molar-refractivity contribution in [1.29, 1.82) is 0 Å². The first-order valence-corrected chi connectivity index (χ1v) is 6.45. The monoisotopic (exact) mass is 273 g/mol. The molecule has 0 bridgehead atoms. The number of rotatable bonds is 3. The lowest BCUT2D eigenvalue weighted by Crippen LogP contribution is -2.44. The molecule has 1 aliphatic heterocycles. The topological polar surface area (TPSA) is 73.9 Å². The van der Waals surface area contributed by atoms with Crippen molar-refractivity contribution in [3.63, 3.8) is 0 Å². The first kappa shape index (κ1) is 15.8. The average molecular weight is 273 g/mol. The van der Waals surface area contributed by atoms with Crippen LogP contribution in [0.4, 0.5) is 4.79 Å². The zero-order valence-electron chi connectivity index (χ0n) is 12.2. The maximum Gasteiger partial charge on any atom is 0.407 e. The Morgan fingerprint density at radius 1 is 1.32 bits per heavy atom. The maximum atomic E-state index is 11.6. The zero-order valence-corrected chi connectivity index (χ0v) is 12.2. The van der Waals surface area contributed by atoms with Gasteiger partial charge in [-0.3, -0.25) is 0 Å². The fraction of sp³-hybridized carbons (Fsp3) is 0.846. The minimum atomic E-state index is -0.533. The molecule has 6 nitrogen and oxygen atoms in total. The highest BCUT2D eigenvalue weighted by Gasteiger charge is 2.35.